The second-order valence-electron chi connectivity index (χ2n) is 5.08. The fraction of sp³-hybridized carbons (Fsp3) is 0.250. The van der Waals surface area contributed by atoms with E-state index in [1.807, 2.05) is 6.92 Å². The molecule has 4 heteroatoms. The minimum absolute atomic E-state index is 0.233. The lowest BCUT2D eigenvalue weighted by molar-refractivity contribution is 0.627. The molecule has 0 saturated carbocycles. The number of fused-ring (bicyclic) bond motifs is 1. The van der Waals surface area contributed by atoms with Gasteiger partial charge in [-0.2, -0.15) is 0 Å². The fourth-order valence-corrected chi connectivity index (χ4v) is 2.37. The van der Waals surface area contributed by atoms with Gasteiger partial charge < -0.3 is 5.32 Å². The van der Waals surface area contributed by atoms with E-state index in [0.717, 1.165) is 29.2 Å². The lowest BCUT2D eigenvalue weighted by Crippen LogP contribution is -2.10. The molecular formula is C16H16FN3. The summed E-state index contributed by atoms with van der Waals surface area (Å²) in [5.41, 5.74) is 5.00. The van der Waals surface area contributed by atoms with E-state index < -0.39 is 0 Å². The maximum absolute atomic E-state index is 13.0. The highest BCUT2D eigenvalue weighted by atomic mass is 19.1. The highest BCUT2D eigenvalue weighted by molar-refractivity contribution is 5.93. The number of hydrogen-bond donors (Lipinski definition) is 1. The largest absolute Gasteiger partial charge is 0.379 e. The van der Waals surface area contributed by atoms with Gasteiger partial charge in [0.2, 0.25) is 0 Å². The lowest BCUT2D eigenvalue weighted by Gasteiger charge is -2.10. The standard InChI is InChI=1S/C16H16FN3/c1-10-7-13-8-18-15(12-3-5-14(17)6-4-12)16(13)20-9-19-11(10)2/h3-7,9-10,18H,8H2,1-2H3/b13-7+,19-11-,20-9-. The second kappa shape index (κ2) is 5.04. The molecule has 102 valence electrons. The Morgan fingerprint density at radius 3 is 2.75 bits per heavy atom. The normalized spacial score (nSPS) is 28.4. The van der Waals surface area contributed by atoms with Crippen LogP contribution in [0.1, 0.15) is 19.4 Å². The van der Waals surface area contributed by atoms with Crippen molar-refractivity contribution in [3.8, 4) is 0 Å². The summed E-state index contributed by atoms with van der Waals surface area (Å²) in [5, 5.41) is 3.35. The molecule has 0 fully saturated rings. The summed E-state index contributed by atoms with van der Waals surface area (Å²) in [6.45, 7) is 4.88. The number of hydrogen-bond acceptors (Lipinski definition) is 3. The van der Waals surface area contributed by atoms with Gasteiger partial charge in [-0.25, -0.2) is 14.4 Å². The van der Waals surface area contributed by atoms with Gasteiger partial charge in [-0.1, -0.05) is 13.0 Å². The summed E-state index contributed by atoms with van der Waals surface area (Å²) in [4.78, 5) is 8.78. The van der Waals surface area contributed by atoms with Gasteiger partial charge in [-0.15, -0.1) is 0 Å². The zero-order valence-electron chi connectivity index (χ0n) is 11.5. The Bertz CT molecular complexity index is 651. The molecule has 0 bridgehead atoms. The molecule has 0 aliphatic carbocycles. The van der Waals surface area contributed by atoms with Crippen LogP contribution in [0, 0.1) is 11.7 Å². The van der Waals surface area contributed by atoms with Crippen molar-refractivity contribution in [3.05, 3.63) is 53.0 Å². The van der Waals surface area contributed by atoms with Crippen LogP contribution in [0.5, 0.6) is 0 Å². The lowest BCUT2D eigenvalue weighted by atomic mass is 10.0. The predicted molar refractivity (Wildman–Crippen MR) is 80.2 cm³/mol. The molecule has 0 amide bonds. The number of benzene rings is 1. The quantitative estimate of drug-likeness (QED) is 0.835. The van der Waals surface area contributed by atoms with Crippen LogP contribution in [0.2, 0.25) is 0 Å². The number of rotatable bonds is 1. The van der Waals surface area contributed by atoms with Gasteiger partial charge >= 0.3 is 0 Å². The summed E-state index contributed by atoms with van der Waals surface area (Å²) < 4.78 is 13.0. The Balaban J connectivity index is 2.08. The number of nitrogens with one attached hydrogen (secondary N) is 1. The molecule has 1 unspecified atom stereocenters. The van der Waals surface area contributed by atoms with Gasteiger partial charge in [0.15, 0.2) is 0 Å². The Kier molecular flexibility index (Phi) is 3.22. The van der Waals surface area contributed by atoms with Crippen LogP contribution in [0.25, 0.3) is 5.70 Å². The van der Waals surface area contributed by atoms with E-state index in [1.165, 1.54) is 17.7 Å². The van der Waals surface area contributed by atoms with Crippen molar-refractivity contribution in [1.82, 2.24) is 5.32 Å². The van der Waals surface area contributed by atoms with Crippen LogP contribution >= 0.6 is 0 Å². The molecule has 2 heterocycles. The van der Waals surface area contributed by atoms with Crippen LogP contribution in [0.3, 0.4) is 0 Å². The summed E-state index contributed by atoms with van der Waals surface area (Å²) in [7, 11) is 0. The maximum Gasteiger partial charge on any atom is 0.123 e. The summed E-state index contributed by atoms with van der Waals surface area (Å²) >= 11 is 0. The molecule has 0 radical (unpaired) electrons. The van der Waals surface area contributed by atoms with Crippen LogP contribution < -0.4 is 5.32 Å². The zero-order valence-corrected chi connectivity index (χ0v) is 11.5. The van der Waals surface area contributed by atoms with E-state index in [0.29, 0.717) is 5.92 Å². The van der Waals surface area contributed by atoms with Crippen LogP contribution in [-0.4, -0.2) is 18.6 Å². The van der Waals surface area contributed by atoms with Crippen molar-refractivity contribution >= 4 is 17.7 Å². The van der Waals surface area contributed by atoms with Crippen LogP contribution in [0.4, 0.5) is 4.39 Å². The van der Waals surface area contributed by atoms with E-state index in [4.69, 9.17) is 0 Å². The average Bonchev–Trinajstić information content (AvgIpc) is 2.81. The van der Waals surface area contributed by atoms with Crippen molar-refractivity contribution in [3.63, 3.8) is 0 Å². The van der Waals surface area contributed by atoms with Gasteiger partial charge in [0.05, 0.1) is 11.4 Å². The minimum atomic E-state index is -0.233. The highest BCUT2D eigenvalue weighted by Crippen LogP contribution is 2.30. The molecular weight excluding hydrogens is 253 g/mol. The summed E-state index contributed by atoms with van der Waals surface area (Å²) in [5.74, 6) is 0.0595. The summed E-state index contributed by atoms with van der Waals surface area (Å²) in [6.07, 6.45) is 3.79. The molecule has 0 aromatic heterocycles. The van der Waals surface area contributed by atoms with Gasteiger partial charge in [-0.05, 0) is 36.8 Å². The monoisotopic (exact) mass is 269 g/mol. The number of nitrogens with zero attached hydrogens (tertiary/aromatic N) is 2. The van der Waals surface area contributed by atoms with E-state index in [-0.39, 0.29) is 5.82 Å². The van der Waals surface area contributed by atoms with Gasteiger partial charge in [0, 0.05) is 23.7 Å². The Morgan fingerprint density at radius 1 is 1.25 bits per heavy atom. The fourth-order valence-electron chi connectivity index (χ4n) is 2.37. The van der Waals surface area contributed by atoms with E-state index in [9.17, 15) is 4.39 Å². The molecule has 1 atom stereocenters. The molecule has 1 aromatic carbocycles. The van der Waals surface area contributed by atoms with E-state index in [2.05, 4.69) is 28.3 Å². The number of aliphatic imine (C=N–C) groups is 2. The number of allylic oxidation sites excluding steroid dienone is 1. The van der Waals surface area contributed by atoms with Crippen molar-refractivity contribution in [2.45, 2.75) is 13.8 Å². The third-order valence-electron chi connectivity index (χ3n) is 3.69. The molecule has 3 rings (SSSR count). The first-order chi connectivity index (χ1) is 9.65. The maximum atomic E-state index is 13.0. The van der Waals surface area contributed by atoms with Crippen molar-refractivity contribution in [2.24, 2.45) is 15.9 Å². The Labute approximate surface area is 117 Å². The highest BCUT2D eigenvalue weighted by Gasteiger charge is 2.22. The smallest absolute Gasteiger partial charge is 0.123 e. The third-order valence-corrected chi connectivity index (χ3v) is 3.69. The minimum Gasteiger partial charge on any atom is -0.379 e. The number of halogens is 1. The first-order valence-electron chi connectivity index (χ1n) is 6.67. The van der Waals surface area contributed by atoms with Gasteiger partial charge in [0.1, 0.15) is 12.2 Å². The molecule has 20 heavy (non-hydrogen) atoms. The Hall–Kier alpha value is -2.23. The SMILES string of the molecule is C/C1=N/C=N\C2=C(c3ccc(F)cc3)NC/C2=C\C1C. The van der Waals surface area contributed by atoms with Crippen molar-refractivity contribution in [2.75, 3.05) is 6.54 Å². The van der Waals surface area contributed by atoms with E-state index in [1.54, 1.807) is 18.5 Å². The zero-order chi connectivity index (χ0) is 14.1. The predicted octanol–water partition coefficient (Wildman–Crippen LogP) is 3.16. The average molecular weight is 269 g/mol. The Morgan fingerprint density at radius 2 is 2.00 bits per heavy atom. The van der Waals surface area contributed by atoms with Crippen LogP contribution in [-0.2, 0) is 0 Å². The molecule has 1 N–H and O–H groups in total. The van der Waals surface area contributed by atoms with Gasteiger partial charge in [0.25, 0.3) is 0 Å². The molecule has 3 nitrogen and oxygen atoms in total. The third kappa shape index (κ3) is 2.29. The molecule has 0 saturated heterocycles. The van der Waals surface area contributed by atoms with Crippen molar-refractivity contribution in [1.29, 1.82) is 0 Å². The van der Waals surface area contributed by atoms with Gasteiger partial charge in [-0.3, -0.25) is 0 Å². The molecule has 1 aromatic rings. The second-order valence-corrected chi connectivity index (χ2v) is 5.08. The first-order valence-corrected chi connectivity index (χ1v) is 6.67. The molecule has 0 spiro atoms. The van der Waals surface area contributed by atoms with Crippen LogP contribution in [0.15, 0.2) is 51.6 Å². The molecule has 2 aliphatic rings. The van der Waals surface area contributed by atoms with Crippen molar-refractivity contribution < 1.29 is 4.39 Å². The summed E-state index contributed by atoms with van der Waals surface area (Å²) in [6, 6.07) is 6.45. The van der Waals surface area contributed by atoms with E-state index >= 15 is 0 Å². The molecule has 2 aliphatic heterocycles. The first kappa shape index (κ1) is 12.8. The topological polar surface area (TPSA) is 36.8 Å².